The lowest BCUT2D eigenvalue weighted by molar-refractivity contribution is -0.126. The van der Waals surface area contributed by atoms with Crippen molar-refractivity contribution in [1.29, 1.82) is 0 Å². The molecule has 1 aromatic heterocycles. The average Bonchev–Trinajstić information content (AvgIpc) is 3.06. The van der Waals surface area contributed by atoms with Crippen LogP contribution in [0.5, 0.6) is 23.0 Å². The van der Waals surface area contributed by atoms with Crippen molar-refractivity contribution in [1.82, 2.24) is 14.8 Å². The van der Waals surface area contributed by atoms with Gasteiger partial charge in [-0.15, -0.1) is 0 Å². The maximum atomic E-state index is 12.9. The number of amides is 1. The zero-order valence-electron chi connectivity index (χ0n) is 22.7. The first-order chi connectivity index (χ1) is 18.4. The molecule has 0 fully saturated rings. The van der Waals surface area contributed by atoms with Crippen molar-refractivity contribution in [2.24, 2.45) is 0 Å². The lowest BCUT2D eigenvalue weighted by atomic mass is 10.0. The van der Waals surface area contributed by atoms with Gasteiger partial charge in [-0.25, -0.2) is 0 Å². The standard InChI is InChI=1S/C29H35N3O6/c1-31(11-7-20-17-30-18-21-14-25(36-3)26(37-4)15-22(20)21)9-6-10-32-12-8-19-13-24(35-2)27(38-5)16-23(19)28(33)29(32)34/h13-18H,6-12H2,1-5H3. The minimum absolute atomic E-state index is 0.394. The number of Topliss-reactive ketones (excluding diaryl/α,β-unsaturated/α-hetero) is 1. The zero-order chi connectivity index (χ0) is 27.2. The summed E-state index contributed by atoms with van der Waals surface area (Å²) >= 11 is 0. The van der Waals surface area contributed by atoms with E-state index in [1.165, 1.54) is 7.11 Å². The molecule has 2 heterocycles. The van der Waals surface area contributed by atoms with Gasteiger partial charge in [0.05, 0.1) is 28.4 Å². The maximum absolute atomic E-state index is 12.9. The summed E-state index contributed by atoms with van der Waals surface area (Å²) < 4.78 is 21.6. The number of fused-ring (bicyclic) bond motifs is 2. The first kappa shape index (κ1) is 27.2. The quantitative estimate of drug-likeness (QED) is 0.355. The van der Waals surface area contributed by atoms with E-state index in [1.54, 1.807) is 38.4 Å². The number of likely N-dealkylation sites (N-methyl/N-ethyl adjacent to an activating group) is 1. The van der Waals surface area contributed by atoms with Crippen molar-refractivity contribution in [3.8, 4) is 23.0 Å². The molecular formula is C29H35N3O6. The number of ketones is 1. The lowest BCUT2D eigenvalue weighted by Crippen LogP contribution is -2.38. The Balaban J connectivity index is 1.34. The van der Waals surface area contributed by atoms with Crippen LogP contribution in [0.4, 0.5) is 0 Å². The van der Waals surface area contributed by atoms with Crippen LogP contribution in [0.15, 0.2) is 36.7 Å². The van der Waals surface area contributed by atoms with Crippen molar-refractivity contribution in [3.63, 3.8) is 0 Å². The molecule has 0 bridgehead atoms. The Labute approximate surface area is 223 Å². The number of aromatic nitrogens is 1. The van der Waals surface area contributed by atoms with E-state index >= 15 is 0 Å². The van der Waals surface area contributed by atoms with E-state index in [0.29, 0.717) is 48.1 Å². The molecule has 38 heavy (non-hydrogen) atoms. The van der Waals surface area contributed by atoms with E-state index in [0.717, 1.165) is 47.8 Å². The molecule has 0 N–H and O–H groups in total. The molecular weight excluding hydrogens is 486 g/mol. The molecule has 0 saturated carbocycles. The molecule has 202 valence electrons. The van der Waals surface area contributed by atoms with Crippen molar-refractivity contribution < 1.29 is 28.5 Å². The molecule has 3 aromatic rings. The Morgan fingerprint density at radius 2 is 1.53 bits per heavy atom. The van der Waals surface area contributed by atoms with E-state index < -0.39 is 11.7 Å². The Bertz CT molecular complexity index is 1330. The second-order valence-corrected chi connectivity index (χ2v) is 9.37. The van der Waals surface area contributed by atoms with Crippen LogP contribution in [0, 0.1) is 0 Å². The fourth-order valence-corrected chi connectivity index (χ4v) is 4.88. The van der Waals surface area contributed by atoms with Crippen molar-refractivity contribution >= 4 is 22.5 Å². The summed E-state index contributed by atoms with van der Waals surface area (Å²) in [5.41, 5.74) is 2.33. The summed E-state index contributed by atoms with van der Waals surface area (Å²) in [5, 5.41) is 2.09. The molecule has 1 aliphatic heterocycles. The van der Waals surface area contributed by atoms with Crippen molar-refractivity contribution in [3.05, 3.63) is 53.3 Å². The van der Waals surface area contributed by atoms with E-state index in [-0.39, 0.29) is 0 Å². The molecule has 0 radical (unpaired) electrons. The minimum Gasteiger partial charge on any atom is -0.493 e. The number of hydrogen-bond acceptors (Lipinski definition) is 8. The molecule has 1 amide bonds. The van der Waals surface area contributed by atoms with Gasteiger partial charge >= 0.3 is 0 Å². The fourth-order valence-electron chi connectivity index (χ4n) is 4.88. The number of carbonyl (C=O) groups is 2. The van der Waals surface area contributed by atoms with Gasteiger partial charge in [0.15, 0.2) is 23.0 Å². The molecule has 9 nitrogen and oxygen atoms in total. The van der Waals surface area contributed by atoms with Crippen molar-refractivity contribution in [2.45, 2.75) is 19.3 Å². The molecule has 0 aliphatic carbocycles. The number of pyridine rings is 1. The molecule has 0 atom stereocenters. The number of benzene rings is 2. The summed E-state index contributed by atoms with van der Waals surface area (Å²) in [7, 11) is 8.39. The van der Waals surface area contributed by atoms with E-state index in [1.807, 2.05) is 24.5 Å². The Morgan fingerprint density at radius 1 is 0.868 bits per heavy atom. The van der Waals surface area contributed by atoms with Crippen LogP contribution in [0.3, 0.4) is 0 Å². The number of methoxy groups -OCH3 is 4. The van der Waals surface area contributed by atoms with Gasteiger partial charge in [0.25, 0.3) is 11.7 Å². The predicted octanol–water partition coefficient (Wildman–Crippen LogP) is 3.40. The normalized spacial score (nSPS) is 13.5. The van der Waals surface area contributed by atoms with Gasteiger partial charge in [-0.3, -0.25) is 14.6 Å². The Morgan fingerprint density at radius 3 is 2.24 bits per heavy atom. The molecule has 4 rings (SSSR count). The van der Waals surface area contributed by atoms with E-state index in [9.17, 15) is 9.59 Å². The summed E-state index contributed by atoms with van der Waals surface area (Å²) in [5.74, 6) is 1.41. The van der Waals surface area contributed by atoms with Gasteiger partial charge in [0.2, 0.25) is 0 Å². The van der Waals surface area contributed by atoms with Crippen LogP contribution < -0.4 is 18.9 Å². The molecule has 0 saturated heterocycles. The molecule has 0 spiro atoms. The highest BCUT2D eigenvalue weighted by Crippen LogP contribution is 2.34. The number of nitrogens with zero attached hydrogens (tertiary/aromatic N) is 3. The molecule has 9 heteroatoms. The van der Waals surface area contributed by atoms with Crippen LogP contribution in [-0.4, -0.2) is 88.1 Å². The van der Waals surface area contributed by atoms with E-state index in [2.05, 4.69) is 16.9 Å². The highest BCUT2D eigenvalue weighted by Gasteiger charge is 2.30. The fraction of sp³-hybridized carbons (Fsp3) is 0.414. The van der Waals surface area contributed by atoms with Gasteiger partial charge in [-0.05, 0) is 73.6 Å². The van der Waals surface area contributed by atoms with Gasteiger partial charge in [-0.2, -0.15) is 0 Å². The Hall–Kier alpha value is -3.85. The highest BCUT2D eigenvalue weighted by atomic mass is 16.5. The monoisotopic (exact) mass is 521 g/mol. The largest absolute Gasteiger partial charge is 0.493 e. The maximum Gasteiger partial charge on any atom is 0.294 e. The smallest absolute Gasteiger partial charge is 0.294 e. The van der Waals surface area contributed by atoms with Crippen molar-refractivity contribution in [2.75, 3.05) is 61.7 Å². The summed E-state index contributed by atoms with van der Waals surface area (Å²) in [4.78, 5) is 34.2. The lowest BCUT2D eigenvalue weighted by Gasteiger charge is -2.22. The Kier molecular flexibility index (Phi) is 8.68. The van der Waals surface area contributed by atoms with Crippen LogP contribution >= 0.6 is 0 Å². The minimum atomic E-state index is -0.498. The second-order valence-electron chi connectivity index (χ2n) is 9.37. The third kappa shape index (κ3) is 5.67. The van der Waals surface area contributed by atoms with Gasteiger partial charge in [0, 0.05) is 43.0 Å². The summed E-state index contributed by atoms with van der Waals surface area (Å²) in [6, 6.07) is 7.35. The van der Waals surface area contributed by atoms with Gasteiger partial charge in [-0.1, -0.05) is 0 Å². The molecule has 0 unspecified atom stereocenters. The average molecular weight is 522 g/mol. The van der Waals surface area contributed by atoms with Crippen LogP contribution in [0.1, 0.15) is 27.9 Å². The first-order valence-corrected chi connectivity index (χ1v) is 12.7. The summed E-state index contributed by atoms with van der Waals surface area (Å²) in [6.07, 6.45) is 5.89. The van der Waals surface area contributed by atoms with Crippen LogP contribution in [0.2, 0.25) is 0 Å². The van der Waals surface area contributed by atoms with Gasteiger partial charge < -0.3 is 28.7 Å². The van der Waals surface area contributed by atoms with E-state index in [4.69, 9.17) is 18.9 Å². The number of hydrogen-bond donors (Lipinski definition) is 0. The summed E-state index contributed by atoms with van der Waals surface area (Å²) in [6.45, 7) is 2.63. The number of ether oxygens (including phenoxy) is 4. The third-order valence-electron chi connectivity index (χ3n) is 7.06. The second kappa shape index (κ2) is 12.1. The zero-order valence-corrected chi connectivity index (χ0v) is 22.7. The third-order valence-corrected chi connectivity index (χ3v) is 7.06. The molecule has 1 aliphatic rings. The SMILES string of the molecule is COc1cc2c(cc1OC)C(=O)C(=O)N(CCCN(C)CCc1cncc3cc(OC)c(OC)cc13)CC2. The van der Waals surface area contributed by atoms with Crippen LogP contribution in [0.25, 0.3) is 10.8 Å². The number of rotatable bonds is 11. The first-order valence-electron chi connectivity index (χ1n) is 12.7. The van der Waals surface area contributed by atoms with Gasteiger partial charge in [0.1, 0.15) is 0 Å². The highest BCUT2D eigenvalue weighted by molar-refractivity contribution is 6.43. The predicted molar refractivity (Wildman–Crippen MR) is 145 cm³/mol. The number of carbonyl (C=O) groups excluding carboxylic acids is 2. The topological polar surface area (TPSA) is 90.4 Å². The molecule has 2 aromatic carbocycles. The van der Waals surface area contributed by atoms with Crippen LogP contribution in [-0.2, 0) is 17.6 Å².